The van der Waals surface area contributed by atoms with Crippen LogP contribution in [0.25, 0.3) is 10.9 Å². The Morgan fingerprint density at radius 2 is 1.94 bits per heavy atom. The van der Waals surface area contributed by atoms with E-state index < -0.39 is 4.92 Å². The number of hydrogen-bond acceptors (Lipinski definition) is 9. The molecule has 0 saturated carbocycles. The summed E-state index contributed by atoms with van der Waals surface area (Å²) in [6.45, 7) is 5.01. The smallest absolute Gasteiger partial charge is 0.270 e. The van der Waals surface area contributed by atoms with Crippen molar-refractivity contribution in [2.75, 3.05) is 46.4 Å². The number of non-ortho nitro benzene ring substituents is 1. The van der Waals surface area contributed by atoms with E-state index in [1.54, 1.807) is 6.07 Å². The lowest BCUT2D eigenvalue weighted by Crippen LogP contribution is -2.45. The van der Waals surface area contributed by atoms with Crippen LogP contribution in [0.1, 0.15) is 11.1 Å². The molecule has 2 aliphatic heterocycles. The van der Waals surface area contributed by atoms with Crippen molar-refractivity contribution < 1.29 is 20.0 Å². The highest BCUT2D eigenvalue weighted by atomic mass is 35.5. The Morgan fingerprint density at radius 3 is 2.69 bits per heavy atom. The number of nitrogens with one attached hydrogen (secondary N) is 1. The number of piperazine rings is 1. The van der Waals surface area contributed by atoms with Gasteiger partial charge < -0.3 is 24.9 Å². The van der Waals surface area contributed by atoms with Gasteiger partial charge in [-0.1, -0.05) is 5.16 Å². The number of nitro benzene ring substituents is 1. The molecule has 0 unspecified atom stereocenters. The van der Waals surface area contributed by atoms with Crippen LogP contribution in [0.15, 0.2) is 46.5 Å². The third-order valence-corrected chi connectivity index (χ3v) is 6.15. The number of rotatable bonds is 6. The van der Waals surface area contributed by atoms with E-state index in [0.717, 1.165) is 26.2 Å². The van der Waals surface area contributed by atoms with Gasteiger partial charge in [-0.3, -0.25) is 15.0 Å². The molecule has 0 spiro atoms. The van der Waals surface area contributed by atoms with E-state index in [-0.39, 0.29) is 35.3 Å². The predicted molar refractivity (Wildman–Crippen MR) is 135 cm³/mol. The number of phenols is 1. The largest absolute Gasteiger partial charge is 0.508 e. The molecule has 1 fully saturated rings. The molecule has 1 saturated heterocycles. The minimum Gasteiger partial charge on any atom is -0.508 e. The van der Waals surface area contributed by atoms with Crippen LogP contribution in [0.3, 0.4) is 0 Å². The number of aliphatic imine (C=N–C) groups is 1. The van der Waals surface area contributed by atoms with Crippen molar-refractivity contribution in [3.8, 4) is 11.6 Å². The van der Waals surface area contributed by atoms with Crippen molar-refractivity contribution in [3.63, 3.8) is 0 Å². The van der Waals surface area contributed by atoms with Crippen molar-refractivity contribution in [2.45, 2.75) is 0 Å². The quantitative estimate of drug-likeness (QED) is 0.268. The van der Waals surface area contributed by atoms with E-state index in [1.807, 2.05) is 0 Å². The molecule has 0 radical (unpaired) electrons. The zero-order chi connectivity index (χ0) is 23.8. The summed E-state index contributed by atoms with van der Waals surface area (Å²) in [6, 6.07) is 8.97. The zero-order valence-corrected chi connectivity index (χ0v) is 19.8. The summed E-state index contributed by atoms with van der Waals surface area (Å²) in [7, 11) is 2.10. The second-order valence-electron chi connectivity index (χ2n) is 8.42. The van der Waals surface area contributed by atoms with E-state index in [9.17, 15) is 20.3 Å². The highest BCUT2D eigenvalue weighted by molar-refractivity contribution is 6.58. The third kappa shape index (κ3) is 4.78. The fraction of sp³-hybridized carbons (Fsp3) is 0.304. The Kier molecular flexibility index (Phi) is 6.92. The molecule has 2 aliphatic rings. The standard InChI is InChI=1S/C23H24N6O5.ClH/c1-27-6-8-28(9-7-27)10-11-34-26-21-17-13-15(30)3-5-19(17)24-22(21)20-16-12-14(29(32)33)2-4-18(16)25-23(20)31;/h2-5,12-13,25,30-31H,6-11H2,1H3;1H/b26-21+;. The number of aromatic amines is 1. The summed E-state index contributed by atoms with van der Waals surface area (Å²) < 4.78 is 0. The molecule has 12 heteroatoms. The number of oxime groups is 1. The maximum Gasteiger partial charge on any atom is 0.270 e. The van der Waals surface area contributed by atoms with E-state index in [2.05, 4.69) is 32.0 Å². The number of nitrogens with zero attached hydrogens (tertiary/aromatic N) is 5. The lowest BCUT2D eigenvalue weighted by atomic mass is 10.0. The topological polar surface area (TPSA) is 140 Å². The first-order chi connectivity index (χ1) is 16.4. The molecule has 0 atom stereocenters. The average Bonchev–Trinajstić information content (AvgIpc) is 3.33. The molecule has 0 aliphatic carbocycles. The second kappa shape index (κ2) is 9.90. The summed E-state index contributed by atoms with van der Waals surface area (Å²) in [5, 5.41) is 36.8. The number of aromatic nitrogens is 1. The van der Waals surface area contributed by atoms with Gasteiger partial charge in [0, 0.05) is 61.3 Å². The molecular formula is C23H25ClN6O5. The van der Waals surface area contributed by atoms with Gasteiger partial charge in [0.25, 0.3) is 5.69 Å². The Labute approximate surface area is 206 Å². The van der Waals surface area contributed by atoms with Crippen LogP contribution >= 0.6 is 12.4 Å². The lowest BCUT2D eigenvalue weighted by molar-refractivity contribution is -0.384. The van der Waals surface area contributed by atoms with Crippen molar-refractivity contribution in [3.05, 3.63) is 57.6 Å². The number of nitro groups is 1. The summed E-state index contributed by atoms with van der Waals surface area (Å²) in [4.78, 5) is 28.5. The third-order valence-electron chi connectivity index (χ3n) is 6.15. The van der Waals surface area contributed by atoms with E-state index in [1.165, 1.54) is 30.3 Å². The maximum atomic E-state index is 11.3. The molecule has 0 amide bonds. The van der Waals surface area contributed by atoms with Crippen LogP contribution in [-0.2, 0) is 4.84 Å². The van der Waals surface area contributed by atoms with Gasteiger partial charge in [0.2, 0.25) is 0 Å². The van der Waals surface area contributed by atoms with E-state index in [0.29, 0.717) is 46.7 Å². The van der Waals surface area contributed by atoms with Crippen LogP contribution in [0.5, 0.6) is 11.6 Å². The van der Waals surface area contributed by atoms with Crippen LogP contribution in [0.2, 0.25) is 0 Å². The van der Waals surface area contributed by atoms with Gasteiger partial charge in [0.05, 0.1) is 16.2 Å². The van der Waals surface area contributed by atoms with Gasteiger partial charge in [-0.05, 0) is 31.3 Å². The number of phenolic OH excluding ortho intramolecular Hbond substituents is 1. The van der Waals surface area contributed by atoms with Gasteiger partial charge in [0.1, 0.15) is 23.8 Å². The van der Waals surface area contributed by atoms with Gasteiger partial charge >= 0.3 is 0 Å². The Bertz CT molecular complexity index is 1330. The Balaban J connectivity index is 0.00000289. The second-order valence-corrected chi connectivity index (χ2v) is 8.42. The highest BCUT2D eigenvalue weighted by Gasteiger charge is 2.30. The fourth-order valence-corrected chi connectivity index (χ4v) is 4.25. The van der Waals surface area contributed by atoms with Crippen LogP contribution in [-0.4, -0.2) is 87.7 Å². The van der Waals surface area contributed by atoms with Crippen molar-refractivity contribution >= 4 is 46.1 Å². The zero-order valence-electron chi connectivity index (χ0n) is 19.0. The monoisotopic (exact) mass is 500 g/mol. The number of hydrogen-bond donors (Lipinski definition) is 3. The molecule has 3 heterocycles. The Morgan fingerprint density at radius 1 is 1.17 bits per heavy atom. The van der Waals surface area contributed by atoms with Gasteiger partial charge in [-0.2, -0.15) is 0 Å². The molecule has 3 N–H and O–H groups in total. The van der Waals surface area contributed by atoms with Crippen molar-refractivity contribution in [1.29, 1.82) is 0 Å². The number of H-pyrrole nitrogens is 1. The molecule has 3 aromatic rings. The average molecular weight is 501 g/mol. The van der Waals surface area contributed by atoms with E-state index >= 15 is 0 Å². The first-order valence-electron chi connectivity index (χ1n) is 10.9. The number of benzene rings is 2. The SMILES string of the molecule is CN1CCN(CCO/N=C2/C(c3c(O)[nH]c4ccc([N+](=O)[O-])cc34)=Nc3ccc(O)cc32)CC1.Cl. The van der Waals surface area contributed by atoms with Gasteiger partial charge in [0.15, 0.2) is 5.88 Å². The highest BCUT2D eigenvalue weighted by Crippen LogP contribution is 2.38. The molecule has 1 aromatic heterocycles. The summed E-state index contributed by atoms with van der Waals surface area (Å²) in [6.07, 6.45) is 0. The number of fused-ring (bicyclic) bond motifs is 2. The first-order valence-corrected chi connectivity index (χ1v) is 10.9. The molecule has 184 valence electrons. The predicted octanol–water partition coefficient (Wildman–Crippen LogP) is 3.01. The summed E-state index contributed by atoms with van der Waals surface area (Å²) in [5.41, 5.74) is 2.45. The molecule has 0 bridgehead atoms. The molecule has 5 rings (SSSR count). The maximum absolute atomic E-state index is 11.3. The molecule has 2 aromatic carbocycles. The first kappa shape index (κ1) is 24.5. The summed E-state index contributed by atoms with van der Waals surface area (Å²) >= 11 is 0. The van der Waals surface area contributed by atoms with Crippen molar-refractivity contribution in [2.24, 2.45) is 10.1 Å². The lowest BCUT2D eigenvalue weighted by Gasteiger charge is -2.31. The van der Waals surface area contributed by atoms with Crippen molar-refractivity contribution in [1.82, 2.24) is 14.8 Å². The molecule has 35 heavy (non-hydrogen) atoms. The Hall–Kier alpha value is -3.67. The van der Waals surface area contributed by atoms with E-state index in [4.69, 9.17) is 4.84 Å². The normalized spacial score (nSPS) is 17.3. The number of likely N-dealkylation sites (N-methyl/N-ethyl adjacent to an activating group) is 1. The van der Waals surface area contributed by atoms with Crippen LogP contribution in [0.4, 0.5) is 11.4 Å². The fourth-order valence-electron chi connectivity index (χ4n) is 4.25. The van der Waals surface area contributed by atoms with Crippen LogP contribution < -0.4 is 0 Å². The summed E-state index contributed by atoms with van der Waals surface area (Å²) in [5.74, 6) is -0.143. The van der Waals surface area contributed by atoms with Gasteiger partial charge in [-0.15, -0.1) is 12.4 Å². The van der Waals surface area contributed by atoms with Gasteiger partial charge in [-0.25, -0.2) is 4.99 Å². The number of aromatic hydroxyl groups is 2. The minimum absolute atomic E-state index is 0. The number of halogens is 1. The minimum atomic E-state index is -0.493. The molecular weight excluding hydrogens is 476 g/mol. The molecule has 11 nitrogen and oxygen atoms in total. The van der Waals surface area contributed by atoms with Crippen LogP contribution in [0, 0.1) is 10.1 Å².